The second-order valence-electron chi connectivity index (χ2n) is 5.76. The minimum Gasteiger partial charge on any atom is -0.314 e. The minimum absolute atomic E-state index is 0.156. The summed E-state index contributed by atoms with van der Waals surface area (Å²) < 4.78 is 3.32. The molecule has 0 spiro atoms. The van der Waals surface area contributed by atoms with Crippen molar-refractivity contribution >= 4 is 28.3 Å². The summed E-state index contributed by atoms with van der Waals surface area (Å²) in [4.78, 5) is 12.5. The highest BCUT2D eigenvalue weighted by Crippen LogP contribution is 2.29. The van der Waals surface area contributed by atoms with Gasteiger partial charge in [-0.2, -0.15) is 5.10 Å². The van der Waals surface area contributed by atoms with Crippen molar-refractivity contribution in [3.05, 3.63) is 57.6 Å². The molecule has 4 aromatic rings. The van der Waals surface area contributed by atoms with Crippen LogP contribution in [0.15, 0.2) is 41.3 Å². The number of pyridine rings is 1. The zero-order valence-corrected chi connectivity index (χ0v) is 14.7. The number of fused-ring (bicyclic) bond motifs is 3. The van der Waals surface area contributed by atoms with E-state index in [-0.39, 0.29) is 5.56 Å². The third-order valence-electron chi connectivity index (χ3n) is 4.33. The van der Waals surface area contributed by atoms with E-state index in [0.29, 0.717) is 28.2 Å². The molecule has 0 saturated heterocycles. The molecule has 0 bridgehead atoms. The molecule has 0 saturated carbocycles. The number of halogens is 1. The van der Waals surface area contributed by atoms with Crippen molar-refractivity contribution in [1.82, 2.24) is 24.4 Å². The summed E-state index contributed by atoms with van der Waals surface area (Å²) in [5.74, 6) is 0. The molecule has 0 aliphatic carbocycles. The molecule has 0 radical (unpaired) electrons. The van der Waals surface area contributed by atoms with Crippen LogP contribution < -0.4 is 5.56 Å². The molecule has 0 aliphatic heterocycles. The molecule has 6 nitrogen and oxygen atoms in total. The first kappa shape index (κ1) is 15.8. The molecule has 0 amide bonds. The molecule has 0 atom stereocenters. The van der Waals surface area contributed by atoms with Crippen LogP contribution in [-0.4, -0.2) is 24.4 Å². The maximum atomic E-state index is 12.5. The van der Waals surface area contributed by atoms with Gasteiger partial charge in [0.05, 0.1) is 11.3 Å². The third-order valence-corrected chi connectivity index (χ3v) is 4.59. The van der Waals surface area contributed by atoms with E-state index >= 15 is 0 Å². The Morgan fingerprint density at radius 1 is 1.08 bits per heavy atom. The Morgan fingerprint density at radius 2 is 1.84 bits per heavy atom. The van der Waals surface area contributed by atoms with Crippen LogP contribution in [0.4, 0.5) is 0 Å². The van der Waals surface area contributed by atoms with Gasteiger partial charge in [-0.05, 0) is 37.1 Å². The first-order valence-corrected chi connectivity index (χ1v) is 8.55. The lowest BCUT2D eigenvalue weighted by molar-refractivity contribution is 0.728. The topological polar surface area (TPSA) is 65.1 Å². The fourth-order valence-corrected chi connectivity index (χ4v) is 3.16. The monoisotopic (exact) mass is 353 g/mol. The van der Waals surface area contributed by atoms with E-state index in [1.165, 1.54) is 0 Å². The molecule has 4 rings (SSSR count). The Labute approximate surface area is 148 Å². The molecule has 7 heteroatoms. The predicted octanol–water partition coefficient (Wildman–Crippen LogP) is 3.34. The number of aromatic nitrogens is 5. The number of rotatable bonds is 3. The van der Waals surface area contributed by atoms with E-state index in [4.69, 9.17) is 11.6 Å². The summed E-state index contributed by atoms with van der Waals surface area (Å²) in [6, 6.07) is 9.43. The predicted molar refractivity (Wildman–Crippen MR) is 98.0 cm³/mol. The van der Waals surface area contributed by atoms with Gasteiger partial charge in [-0.1, -0.05) is 30.7 Å². The van der Waals surface area contributed by atoms with E-state index < -0.39 is 0 Å². The minimum atomic E-state index is -0.156. The van der Waals surface area contributed by atoms with Gasteiger partial charge in [0.1, 0.15) is 5.52 Å². The SMILES string of the molecule is CCc1nn2c(nnc3c(=O)n(CC)ccc32)c1-c1ccc(Cl)cc1. The summed E-state index contributed by atoms with van der Waals surface area (Å²) >= 11 is 6.00. The Bertz CT molecular complexity index is 1140. The van der Waals surface area contributed by atoms with Crippen molar-refractivity contribution in [3.63, 3.8) is 0 Å². The summed E-state index contributed by atoms with van der Waals surface area (Å²) in [5.41, 5.74) is 4.28. The van der Waals surface area contributed by atoms with E-state index in [2.05, 4.69) is 15.3 Å². The largest absolute Gasteiger partial charge is 0.314 e. The van der Waals surface area contributed by atoms with Gasteiger partial charge in [0, 0.05) is 17.8 Å². The molecule has 0 N–H and O–H groups in total. The van der Waals surface area contributed by atoms with Crippen molar-refractivity contribution in [2.75, 3.05) is 0 Å². The maximum absolute atomic E-state index is 12.5. The Balaban J connectivity index is 2.08. The number of hydrogen-bond acceptors (Lipinski definition) is 4. The maximum Gasteiger partial charge on any atom is 0.280 e. The van der Waals surface area contributed by atoms with Crippen LogP contribution in [0.25, 0.3) is 27.8 Å². The average molecular weight is 354 g/mol. The quantitative estimate of drug-likeness (QED) is 0.566. The van der Waals surface area contributed by atoms with Crippen LogP contribution in [0.1, 0.15) is 19.5 Å². The molecular weight excluding hydrogens is 338 g/mol. The second-order valence-corrected chi connectivity index (χ2v) is 6.19. The molecule has 3 aromatic heterocycles. The van der Waals surface area contributed by atoms with Gasteiger partial charge in [0.2, 0.25) is 0 Å². The summed E-state index contributed by atoms with van der Waals surface area (Å²) in [6.07, 6.45) is 2.51. The lowest BCUT2D eigenvalue weighted by atomic mass is 10.0. The highest BCUT2D eigenvalue weighted by molar-refractivity contribution is 6.30. The first-order chi connectivity index (χ1) is 12.1. The van der Waals surface area contributed by atoms with Crippen LogP contribution in [0, 0.1) is 0 Å². The molecular formula is C18H16ClN5O. The van der Waals surface area contributed by atoms with Gasteiger partial charge in [-0.15, -0.1) is 10.2 Å². The lowest BCUT2D eigenvalue weighted by Crippen LogP contribution is -2.20. The smallest absolute Gasteiger partial charge is 0.280 e. The molecule has 0 fully saturated rings. The van der Waals surface area contributed by atoms with E-state index in [1.54, 1.807) is 15.3 Å². The summed E-state index contributed by atoms with van der Waals surface area (Å²) in [6.45, 7) is 4.55. The van der Waals surface area contributed by atoms with E-state index in [9.17, 15) is 4.79 Å². The van der Waals surface area contributed by atoms with Gasteiger partial charge in [-0.3, -0.25) is 4.79 Å². The van der Waals surface area contributed by atoms with Crippen molar-refractivity contribution < 1.29 is 0 Å². The van der Waals surface area contributed by atoms with Crippen LogP contribution in [0.5, 0.6) is 0 Å². The molecule has 3 heterocycles. The van der Waals surface area contributed by atoms with Gasteiger partial charge in [-0.25, -0.2) is 4.52 Å². The number of hydrogen-bond donors (Lipinski definition) is 0. The highest BCUT2D eigenvalue weighted by atomic mass is 35.5. The van der Waals surface area contributed by atoms with Gasteiger partial charge in [0.25, 0.3) is 5.56 Å². The summed E-state index contributed by atoms with van der Waals surface area (Å²) in [5, 5.41) is 13.9. The standard InChI is InChI=1S/C18H16ClN5O/c1-3-13-15(11-5-7-12(19)8-6-11)17-21-20-16-14(24(17)22-13)9-10-23(4-2)18(16)25/h5-10H,3-4H2,1-2H3. The van der Waals surface area contributed by atoms with E-state index in [0.717, 1.165) is 23.2 Å². The molecule has 0 unspecified atom stereocenters. The zero-order valence-electron chi connectivity index (χ0n) is 13.9. The number of nitrogens with zero attached hydrogens (tertiary/aromatic N) is 5. The fourth-order valence-electron chi connectivity index (χ4n) is 3.04. The number of benzene rings is 1. The Morgan fingerprint density at radius 3 is 2.52 bits per heavy atom. The van der Waals surface area contributed by atoms with Crippen molar-refractivity contribution in [2.24, 2.45) is 0 Å². The van der Waals surface area contributed by atoms with Crippen LogP contribution in [-0.2, 0) is 13.0 Å². The Kier molecular flexibility index (Phi) is 3.77. The zero-order chi connectivity index (χ0) is 17.6. The lowest BCUT2D eigenvalue weighted by Gasteiger charge is -2.05. The molecule has 25 heavy (non-hydrogen) atoms. The van der Waals surface area contributed by atoms with Gasteiger partial charge >= 0.3 is 0 Å². The highest BCUT2D eigenvalue weighted by Gasteiger charge is 2.18. The van der Waals surface area contributed by atoms with Crippen LogP contribution in [0.3, 0.4) is 0 Å². The van der Waals surface area contributed by atoms with Gasteiger partial charge in [0.15, 0.2) is 11.2 Å². The van der Waals surface area contributed by atoms with Crippen LogP contribution in [0.2, 0.25) is 5.02 Å². The van der Waals surface area contributed by atoms with Crippen LogP contribution >= 0.6 is 11.6 Å². The third kappa shape index (κ3) is 2.41. The number of aryl methyl sites for hydroxylation is 2. The summed E-state index contributed by atoms with van der Waals surface area (Å²) in [7, 11) is 0. The van der Waals surface area contributed by atoms with Crippen molar-refractivity contribution in [2.45, 2.75) is 26.8 Å². The van der Waals surface area contributed by atoms with E-state index in [1.807, 2.05) is 44.2 Å². The molecule has 126 valence electrons. The van der Waals surface area contributed by atoms with Crippen molar-refractivity contribution in [3.8, 4) is 11.1 Å². The molecule has 0 aliphatic rings. The normalized spacial score (nSPS) is 11.5. The first-order valence-electron chi connectivity index (χ1n) is 8.17. The van der Waals surface area contributed by atoms with Gasteiger partial charge < -0.3 is 4.57 Å². The van der Waals surface area contributed by atoms with Crippen molar-refractivity contribution in [1.29, 1.82) is 0 Å². The molecule has 1 aromatic carbocycles. The average Bonchev–Trinajstić information content (AvgIpc) is 3.02. The fraction of sp³-hybridized carbons (Fsp3) is 0.222. The second kappa shape index (κ2) is 5.97. The Hall–Kier alpha value is -2.73.